The van der Waals surface area contributed by atoms with Crippen molar-refractivity contribution < 1.29 is 19.1 Å². The van der Waals surface area contributed by atoms with Gasteiger partial charge in [-0.2, -0.15) is 0 Å². The summed E-state index contributed by atoms with van der Waals surface area (Å²) in [7, 11) is 0. The van der Waals surface area contributed by atoms with E-state index < -0.39 is 9.85 Å². The summed E-state index contributed by atoms with van der Waals surface area (Å²) in [6.07, 6.45) is 1.39. The number of rotatable bonds is 6. The van der Waals surface area contributed by atoms with Crippen molar-refractivity contribution in [3.8, 4) is 11.3 Å². The molecule has 140 valence electrons. The van der Waals surface area contributed by atoms with Crippen molar-refractivity contribution in [1.82, 2.24) is 0 Å². The van der Waals surface area contributed by atoms with Crippen LogP contribution in [0.3, 0.4) is 0 Å². The van der Waals surface area contributed by atoms with Gasteiger partial charge in [-0.15, -0.1) is 0 Å². The molecule has 0 bridgehead atoms. The lowest BCUT2D eigenvalue weighted by molar-refractivity contribution is -0.385. The maximum Gasteiger partial charge on any atom is 0.269 e. The van der Waals surface area contributed by atoms with Crippen LogP contribution in [0.2, 0.25) is 0 Å². The van der Waals surface area contributed by atoms with Gasteiger partial charge in [0.2, 0.25) is 0 Å². The Bertz CT molecular complexity index is 1080. The first-order valence-corrected chi connectivity index (χ1v) is 8.17. The number of ketones is 1. The van der Waals surface area contributed by atoms with E-state index >= 15 is 0 Å². The molecule has 0 aliphatic heterocycles. The van der Waals surface area contributed by atoms with Crippen LogP contribution >= 0.6 is 0 Å². The lowest BCUT2D eigenvalue weighted by Gasteiger charge is -2.00. The Morgan fingerprint density at radius 2 is 1.39 bits per heavy atom. The second-order valence-electron chi connectivity index (χ2n) is 5.96. The normalized spacial score (nSPS) is 11.2. The van der Waals surface area contributed by atoms with Gasteiger partial charge in [-0.1, -0.05) is 0 Å². The fourth-order valence-electron chi connectivity index (χ4n) is 2.55. The molecule has 0 aliphatic carbocycles. The molecule has 2 aromatic carbocycles. The van der Waals surface area contributed by atoms with E-state index in [-0.39, 0.29) is 17.2 Å². The van der Waals surface area contributed by atoms with Crippen LogP contribution in [0.4, 0.5) is 11.4 Å². The summed E-state index contributed by atoms with van der Waals surface area (Å²) < 4.78 is 5.74. The van der Waals surface area contributed by atoms with E-state index in [4.69, 9.17) is 4.42 Å². The molecule has 1 heterocycles. The average Bonchev–Trinajstić information content (AvgIpc) is 3.18. The Kier molecular flexibility index (Phi) is 5.12. The van der Waals surface area contributed by atoms with Crippen molar-refractivity contribution in [3.05, 3.63) is 98.3 Å². The predicted octanol–water partition coefficient (Wildman–Crippen LogP) is 5.05. The molecule has 0 saturated heterocycles. The van der Waals surface area contributed by atoms with E-state index in [2.05, 4.69) is 0 Å². The molecule has 8 nitrogen and oxygen atoms in total. The van der Waals surface area contributed by atoms with Gasteiger partial charge in [-0.05, 0) is 55.0 Å². The minimum Gasteiger partial charge on any atom is -0.456 e. The SMILES string of the molecule is C/C(=C\C(=O)c1ccc([N+](=O)[O-])cc1)c1ccc(-c2ccc([N+](=O)[O-])cc2)o1. The second kappa shape index (κ2) is 7.67. The topological polar surface area (TPSA) is 116 Å². The summed E-state index contributed by atoms with van der Waals surface area (Å²) in [6, 6.07) is 14.7. The number of benzene rings is 2. The number of carbonyl (C=O) groups is 1. The van der Waals surface area contributed by atoms with Crippen LogP contribution in [0.5, 0.6) is 0 Å². The zero-order valence-corrected chi connectivity index (χ0v) is 14.7. The monoisotopic (exact) mass is 378 g/mol. The summed E-state index contributed by atoms with van der Waals surface area (Å²) in [5.74, 6) is 0.685. The first-order valence-electron chi connectivity index (χ1n) is 8.17. The predicted molar refractivity (Wildman–Crippen MR) is 102 cm³/mol. The zero-order valence-electron chi connectivity index (χ0n) is 14.7. The number of hydrogen-bond acceptors (Lipinski definition) is 6. The number of furan rings is 1. The molecule has 0 atom stereocenters. The number of carbonyl (C=O) groups excluding carboxylic acids is 1. The Labute approximate surface area is 159 Å². The number of nitro benzene ring substituents is 2. The van der Waals surface area contributed by atoms with Crippen LogP contribution in [-0.4, -0.2) is 15.6 Å². The van der Waals surface area contributed by atoms with Gasteiger partial charge in [-0.3, -0.25) is 25.0 Å². The highest BCUT2D eigenvalue weighted by Crippen LogP contribution is 2.27. The van der Waals surface area contributed by atoms with Crippen molar-refractivity contribution >= 4 is 22.7 Å². The van der Waals surface area contributed by atoms with Gasteiger partial charge in [0.05, 0.1) is 9.85 Å². The highest BCUT2D eigenvalue weighted by molar-refractivity contribution is 6.08. The van der Waals surface area contributed by atoms with E-state index in [0.29, 0.717) is 28.2 Å². The first-order chi connectivity index (χ1) is 13.3. The Hall–Kier alpha value is -4.07. The van der Waals surface area contributed by atoms with Gasteiger partial charge in [0.1, 0.15) is 11.5 Å². The summed E-state index contributed by atoms with van der Waals surface area (Å²) in [6.45, 7) is 1.71. The van der Waals surface area contributed by atoms with Gasteiger partial charge in [0.15, 0.2) is 5.78 Å². The fraction of sp³-hybridized carbons (Fsp3) is 0.0500. The number of allylic oxidation sites excluding steroid dienone is 2. The summed E-state index contributed by atoms with van der Waals surface area (Å²) >= 11 is 0. The molecule has 0 radical (unpaired) electrons. The van der Waals surface area contributed by atoms with Crippen molar-refractivity contribution in [3.63, 3.8) is 0 Å². The third-order valence-corrected chi connectivity index (χ3v) is 4.07. The highest BCUT2D eigenvalue weighted by atomic mass is 16.6. The minimum atomic E-state index is -0.530. The fourth-order valence-corrected chi connectivity index (χ4v) is 2.55. The number of non-ortho nitro benzene ring substituents is 2. The highest BCUT2D eigenvalue weighted by Gasteiger charge is 2.12. The molecular formula is C20H14N2O6. The lowest BCUT2D eigenvalue weighted by Crippen LogP contribution is -1.96. The van der Waals surface area contributed by atoms with Crippen LogP contribution < -0.4 is 0 Å². The van der Waals surface area contributed by atoms with E-state index in [1.54, 1.807) is 31.2 Å². The molecule has 0 spiro atoms. The van der Waals surface area contributed by atoms with E-state index in [1.807, 2.05) is 0 Å². The van der Waals surface area contributed by atoms with Crippen LogP contribution in [0.1, 0.15) is 23.0 Å². The van der Waals surface area contributed by atoms with Crippen molar-refractivity contribution in [2.24, 2.45) is 0 Å². The summed E-state index contributed by atoms with van der Waals surface area (Å²) in [5.41, 5.74) is 1.48. The Balaban J connectivity index is 1.79. The van der Waals surface area contributed by atoms with Crippen molar-refractivity contribution in [2.45, 2.75) is 6.92 Å². The molecule has 3 aromatic rings. The molecule has 3 rings (SSSR count). The number of nitro groups is 2. The first kappa shape index (κ1) is 18.7. The average molecular weight is 378 g/mol. The smallest absolute Gasteiger partial charge is 0.269 e. The molecule has 0 N–H and O–H groups in total. The van der Waals surface area contributed by atoms with Gasteiger partial charge in [0.25, 0.3) is 11.4 Å². The third kappa shape index (κ3) is 4.01. The van der Waals surface area contributed by atoms with Crippen LogP contribution in [0, 0.1) is 20.2 Å². The molecule has 0 saturated carbocycles. The van der Waals surface area contributed by atoms with E-state index in [0.717, 1.165) is 0 Å². The Morgan fingerprint density at radius 1 is 0.857 bits per heavy atom. The molecule has 0 unspecified atom stereocenters. The molecular weight excluding hydrogens is 364 g/mol. The molecule has 0 aliphatic rings. The summed E-state index contributed by atoms with van der Waals surface area (Å²) in [5, 5.41) is 21.4. The maximum absolute atomic E-state index is 12.3. The van der Waals surface area contributed by atoms with Crippen molar-refractivity contribution in [1.29, 1.82) is 0 Å². The van der Waals surface area contributed by atoms with Gasteiger partial charge >= 0.3 is 0 Å². The molecule has 0 amide bonds. The van der Waals surface area contributed by atoms with Gasteiger partial charge in [0, 0.05) is 35.4 Å². The Morgan fingerprint density at radius 3 is 1.93 bits per heavy atom. The standard InChI is InChI=1S/C20H14N2O6/c1-13(12-18(23)14-2-6-16(7-3-14)21(24)25)19-10-11-20(28-19)15-4-8-17(9-5-15)22(26)27/h2-12H,1H3/b13-12+. The van der Waals surface area contributed by atoms with E-state index in [9.17, 15) is 25.0 Å². The lowest BCUT2D eigenvalue weighted by atomic mass is 10.1. The summed E-state index contributed by atoms with van der Waals surface area (Å²) in [4.78, 5) is 32.7. The number of hydrogen-bond donors (Lipinski definition) is 0. The quantitative estimate of drug-likeness (QED) is 0.256. The van der Waals surface area contributed by atoms with E-state index in [1.165, 1.54) is 42.5 Å². The molecule has 1 aromatic heterocycles. The van der Waals surface area contributed by atoms with Gasteiger partial charge in [-0.25, -0.2) is 0 Å². The molecule has 28 heavy (non-hydrogen) atoms. The van der Waals surface area contributed by atoms with Crippen LogP contribution in [0.15, 0.2) is 71.2 Å². The van der Waals surface area contributed by atoms with Gasteiger partial charge < -0.3 is 4.42 Å². The number of nitrogens with zero attached hydrogens (tertiary/aromatic N) is 2. The maximum atomic E-state index is 12.3. The third-order valence-electron chi connectivity index (χ3n) is 4.07. The second-order valence-corrected chi connectivity index (χ2v) is 5.96. The minimum absolute atomic E-state index is 0.0136. The van der Waals surface area contributed by atoms with Crippen LogP contribution in [0.25, 0.3) is 16.9 Å². The van der Waals surface area contributed by atoms with Crippen molar-refractivity contribution in [2.75, 3.05) is 0 Å². The molecule has 8 heteroatoms. The zero-order chi connectivity index (χ0) is 20.3. The van der Waals surface area contributed by atoms with Crippen LogP contribution in [-0.2, 0) is 0 Å². The largest absolute Gasteiger partial charge is 0.456 e. The molecule has 0 fully saturated rings.